The minimum absolute atomic E-state index is 0.167. The van der Waals surface area contributed by atoms with Crippen LogP contribution in [0.5, 0.6) is 0 Å². The maximum absolute atomic E-state index is 13.2. The second-order valence-corrected chi connectivity index (χ2v) is 7.48. The summed E-state index contributed by atoms with van der Waals surface area (Å²) in [5, 5.41) is 2.88. The van der Waals surface area contributed by atoms with Gasteiger partial charge in [0, 0.05) is 19.0 Å². The number of carbonyl (C=O) groups is 1. The van der Waals surface area contributed by atoms with Crippen molar-refractivity contribution in [3.05, 3.63) is 65.5 Å². The Balaban J connectivity index is 1.31. The number of aromatic nitrogens is 2. The zero-order valence-electron chi connectivity index (χ0n) is 16.0. The first-order valence-corrected chi connectivity index (χ1v) is 9.72. The number of carbonyl (C=O) groups excluding carboxylic acids is 1. The fraction of sp³-hybridized carbons (Fsp3) is 0.364. The molecule has 0 saturated heterocycles. The molecule has 1 heterocycles. The summed E-state index contributed by atoms with van der Waals surface area (Å²) < 4.78 is 41.7. The predicted molar refractivity (Wildman–Crippen MR) is 104 cm³/mol. The monoisotopic (exact) mass is 401 g/mol. The van der Waals surface area contributed by atoms with E-state index in [9.17, 15) is 18.0 Å². The lowest BCUT2D eigenvalue weighted by Gasteiger charge is -2.12. The van der Waals surface area contributed by atoms with Crippen LogP contribution in [0, 0.1) is 12.8 Å². The van der Waals surface area contributed by atoms with Gasteiger partial charge in [0.15, 0.2) is 0 Å². The lowest BCUT2D eigenvalue weighted by molar-refractivity contribution is -0.138. The van der Waals surface area contributed by atoms with Crippen LogP contribution in [0.15, 0.2) is 48.5 Å². The number of halogens is 3. The van der Waals surface area contributed by atoms with Gasteiger partial charge in [0.25, 0.3) is 0 Å². The fourth-order valence-corrected chi connectivity index (χ4v) is 3.97. The number of para-hydroxylation sites is 2. The van der Waals surface area contributed by atoms with Gasteiger partial charge in [0.05, 0.1) is 16.6 Å². The van der Waals surface area contributed by atoms with Gasteiger partial charge in [-0.1, -0.05) is 30.3 Å². The first-order valence-electron chi connectivity index (χ1n) is 9.72. The van der Waals surface area contributed by atoms with Crippen LogP contribution in [0.2, 0.25) is 0 Å². The summed E-state index contributed by atoms with van der Waals surface area (Å²) in [5.41, 5.74) is 1.59. The van der Waals surface area contributed by atoms with Crippen molar-refractivity contribution < 1.29 is 18.0 Å². The number of rotatable bonds is 6. The molecule has 0 aliphatic heterocycles. The van der Waals surface area contributed by atoms with E-state index in [-0.39, 0.29) is 23.3 Å². The zero-order chi connectivity index (χ0) is 20.6. The van der Waals surface area contributed by atoms with Gasteiger partial charge in [0.1, 0.15) is 5.82 Å². The van der Waals surface area contributed by atoms with Crippen molar-refractivity contribution in [1.82, 2.24) is 14.9 Å². The smallest absolute Gasteiger partial charge is 0.356 e. The Morgan fingerprint density at radius 3 is 2.69 bits per heavy atom. The molecule has 0 bridgehead atoms. The normalized spacial score (nSPS) is 18.8. The van der Waals surface area contributed by atoms with Gasteiger partial charge in [-0.15, -0.1) is 0 Å². The Bertz CT molecular complexity index is 1040. The van der Waals surface area contributed by atoms with E-state index < -0.39 is 11.7 Å². The summed E-state index contributed by atoms with van der Waals surface area (Å²) in [6.07, 6.45) is -3.21. The molecular weight excluding hydrogens is 379 g/mol. The summed E-state index contributed by atoms with van der Waals surface area (Å²) in [6, 6.07) is 13.4. The number of fused-ring (bicyclic) bond motifs is 1. The van der Waals surface area contributed by atoms with Crippen LogP contribution in [0.4, 0.5) is 13.2 Å². The highest BCUT2D eigenvalue weighted by atomic mass is 19.4. The van der Waals surface area contributed by atoms with Gasteiger partial charge in [-0.3, -0.25) is 4.79 Å². The van der Waals surface area contributed by atoms with E-state index in [1.807, 2.05) is 31.2 Å². The average Bonchev–Trinajstić information content (AvgIpc) is 3.42. The molecule has 152 valence electrons. The second kappa shape index (κ2) is 7.54. The molecule has 4 nitrogen and oxygen atoms in total. The number of nitrogens with zero attached hydrogens (tertiary/aromatic N) is 2. The van der Waals surface area contributed by atoms with Crippen LogP contribution < -0.4 is 5.32 Å². The van der Waals surface area contributed by atoms with Crippen molar-refractivity contribution in [3.63, 3.8) is 0 Å². The quantitative estimate of drug-likeness (QED) is 0.610. The lowest BCUT2D eigenvalue weighted by atomic mass is 10.0. The maximum Gasteiger partial charge on any atom is 0.416 e. The zero-order valence-corrected chi connectivity index (χ0v) is 16.0. The molecular formula is C22H22F3N3O. The van der Waals surface area contributed by atoms with Gasteiger partial charge in [-0.2, -0.15) is 13.2 Å². The minimum atomic E-state index is -4.40. The first kappa shape index (κ1) is 19.5. The number of nitrogens with one attached hydrogen (secondary N) is 1. The van der Waals surface area contributed by atoms with Crippen molar-refractivity contribution in [2.75, 3.05) is 6.54 Å². The second-order valence-electron chi connectivity index (χ2n) is 7.48. The summed E-state index contributed by atoms with van der Waals surface area (Å²) in [7, 11) is 0. The molecule has 2 atom stereocenters. The number of hydrogen-bond donors (Lipinski definition) is 1. The molecule has 2 unspecified atom stereocenters. The third-order valence-corrected chi connectivity index (χ3v) is 5.50. The number of amides is 1. The van der Waals surface area contributed by atoms with Crippen LogP contribution in [0.1, 0.15) is 35.7 Å². The molecule has 1 aliphatic carbocycles. The molecule has 1 saturated carbocycles. The summed E-state index contributed by atoms with van der Waals surface area (Å²) in [5.74, 6) is 0.0182. The molecule has 3 aromatic rings. The summed E-state index contributed by atoms with van der Waals surface area (Å²) in [6.45, 7) is 3.15. The molecule has 1 aliphatic rings. The SMILES string of the molecule is Cc1nc2ccccc2n1CCCNC(=O)C1CC1c1ccccc1C(F)(F)F. The Kier molecular flexibility index (Phi) is 5.06. The van der Waals surface area contributed by atoms with Crippen molar-refractivity contribution in [2.24, 2.45) is 5.92 Å². The van der Waals surface area contributed by atoms with Gasteiger partial charge in [0.2, 0.25) is 5.91 Å². The number of benzene rings is 2. The third-order valence-electron chi connectivity index (χ3n) is 5.50. The Morgan fingerprint density at radius 2 is 1.90 bits per heavy atom. The van der Waals surface area contributed by atoms with Crippen LogP contribution in [-0.4, -0.2) is 22.0 Å². The van der Waals surface area contributed by atoms with E-state index in [0.29, 0.717) is 13.0 Å². The fourth-order valence-electron chi connectivity index (χ4n) is 3.97. The van der Waals surface area contributed by atoms with E-state index in [0.717, 1.165) is 35.9 Å². The van der Waals surface area contributed by atoms with Crippen molar-refractivity contribution in [1.29, 1.82) is 0 Å². The average molecular weight is 401 g/mol. The van der Waals surface area contributed by atoms with Gasteiger partial charge in [-0.05, 0) is 49.4 Å². The van der Waals surface area contributed by atoms with E-state index in [4.69, 9.17) is 0 Å². The van der Waals surface area contributed by atoms with Crippen molar-refractivity contribution in [3.8, 4) is 0 Å². The van der Waals surface area contributed by atoms with Gasteiger partial charge >= 0.3 is 6.18 Å². The predicted octanol–water partition coefficient (Wildman–Crippen LogP) is 4.67. The summed E-state index contributed by atoms with van der Waals surface area (Å²) in [4.78, 5) is 16.9. The Hall–Kier alpha value is -2.83. The largest absolute Gasteiger partial charge is 0.416 e. The minimum Gasteiger partial charge on any atom is -0.356 e. The van der Waals surface area contributed by atoms with E-state index in [1.54, 1.807) is 6.07 Å². The molecule has 1 aromatic heterocycles. The molecule has 7 heteroatoms. The first-order chi connectivity index (χ1) is 13.9. The highest BCUT2D eigenvalue weighted by Crippen LogP contribution is 2.51. The van der Waals surface area contributed by atoms with E-state index in [2.05, 4.69) is 14.9 Å². The summed E-state index contributed by atoms with van der Waals surface area (Å²) >= 11 is 0. The highest BCUT2D eigenvalue weighted by molar-refractivity contribution is 5.83. The van der Waals surface area contributed by atoms with Gasteiger partial charge < -0.3 is 9.88 Å². The number of hydrogen-bond acceptors (Lipinski definition) is 2. The Labute approximate surface area is 166 Å². The van der Waals surface area contributed by atoms with Crippen LogP contribution in [-0.2, 0) is 17.5 Å². The standard InChI is InChI=1S/C22H22F3N3O/c1-14-27-19-9-4-5-10-20(19)28(14)12-6-11-26-21(29)17-13-16(17)15-7-2-3-8-18(15)22(23,24)25/h2-5,7-10,16-17H,6,11-13H2,1H3,(H,26,29). The number of aryl methyl sites for hydroxylation is 2. The van der Waals surface area contributed by atoms with Crippen LogP contribution in [0.25, 0.3) is 11.0 Å². The van der Waals surface area contributed by atoms with Crippen LogP contribution >= 0.6 is 0 Å². The maximum atomic E-state index is 13.2. The molecule has 29 heavy (non-hydrogen) atoms. The lowest BCUT2D eigenvalue weighted by Crippen LogP contribution is -2.27. The van der Waals surface area contributed by atoms with E-state index in [1.165, 1.54) is 12.1 Å². The van der Waals surface area contributed by atoms with Gasteiger partial charge in [-0.25, -0.2) is 4.98 Å². The molecule has 1 N–H and O–H groups in total. The molecule has 0 radical (unpaired) electrons. The van der Waals surface area contributed by atoms with Crippen LogP contribution in [0.3, 0.4) is 0 Å². The number of imidazole rings is 1. The van der Waals surface area contributed by atoms with Crippen molar-refractivity contribution >= 4 is 16.9 Å². The molecule has 4 rings (SSSR count). The molecule has 0 spiro atoms. The van der Waals surface area contributed by atoms with E-state index >= 15 is 0 Å². The van der Waals surface area contributed by atoms with Crippen molar-refractivity contribution in [2.45, 2.75) is 38.4 Å². The molecule has 1 amide bonds. The highest BCUT2D eigenvalue weighted by Gasteiger charge is 2.47. The third kappa shape index (κ3) is 3.99. The molecule has 2 aromatic carbocycles. The topological polar surface area (TPSA) is 46.9 Å². The molecule has 1 fully saturated rings. The number of alkyl halides is 3. The Morgan fingerprint density at radius 1 is 1.17 bits per heavy atom.